The van der Waals surface area contributed by atoms with Gasteiger partial charge in [-0.05, 0) is 30.7 Å². The molecule has 1 rings (SSSR count). The second kappa shape index (κ2) is 8.02. The summed E-state index contributed by atoms with van der Waals surface area (Å²) in [7, 11) is -0.996. The lowest BCUT2D eigenvalue weighted by atomic mass is 10.2. The van der Waals surface area contributed by atoms with Crippen LogP contribution < -0.4 is 15.4 Å². The summed E-state index contributed by atoms with van der Waals surface area (Å²) >= 11 is 0. The Balaban J connectivity index is 2.54. The number of rotatable bonds is 6. The van der Waals surface area contributed by atoms with Crippen LogP contribution in [-0.2, 0) is 10.8 Å². The molecule has 0 fully saturated rings. The van der Waals surface area contributed by atoms with Crippen LogP contribution in [0.5, 0.6) is 5.75 Å². The maximum absolute atomic E-state index is 12.1. The van der Waals surface area contributed by atoms with E-state index in [9.17, 15) is 22.2 Å². The molecule has 0 saturated carbocycles. The second-order valence-corrected chi connectivity index (χ2v) is 6.10. The molecule has 0 aliphatic heterocycles. The Morgan fingerprint density at radius 2 is 2.05 bits per heavy atom. The van der Waals surface area contributed by atoms with Gasteiger partial charge in [-0.3, -0.25) is 4.21 Å². The van der Waals surface area contributed by atoms with E-state index in [0.717, 1.165) is 0 Å². The summed E-state index contributed by atoms with van der Waals surface area (Å²) in [5.74, 6) is 0.445. The number of hydrogen-bond acceptors (Lipinski definition) is 3. The molecule has 1 aromatic rings. The lowest BCUT2D eigenvalue weighted by molar-refractivity contribution is -0.153. The van der Waals surface area contributed by atoms with Gasteiger partial charge < -0.3 is 15.4 Å². The fourth-order valence-electron chi connectivity index (χ4n) is 1.53. The van der Waals surface area contributed by atoms with E-state index in [0.29, 0.717) is 17.0 Å². The van der Waals surface area contributed by atoms with Crippen molar-refractivity contribution in [3.63, 3.8) is 0 Å². The number of hydrogen-bond donors (Lipinski definition) is 2. The van der Waals surface area contributed by atoms with E-state index < -0.39 is 29.6 Å². The molecule has 1 atom stereocenters. The quantitative estimate of drug-likeness (QED) is 0.837. The van der Waals surface area contributed by atoms with E-state index in [1.165, 1.54) is 24.5 Å². The van der Waals surface area contributed by atoms with Gasteiger partial charge >= 0.3 is 12.2 Å². The Kier molecular flexibility index (Phi) is 6.66. The van der Waals surface area contributed by atoms with Gasteiger partial charge in [0, 0.05) is 35.0 Å². The third-order valence-corrected chi connectivity index (χ3v) is 3.28. The zero-order valence-electron chi connectivity index (χ0n) is 12.1. The molecule has 0 aromatic heterocycles. The van der Waals surface area contributed by atoms with Crippen molar-refractivity contribution < 1.29 is 26.9 Å². The molecule has 0 heterocycles. The molecular formula is C13H17F3N2O3S. The molecule has 2 N–H and O–H groups in total. The summed E-state index contributed by atoms with van der Waals surface area (Å²) in [5.41, 5.74) is 0.892. The molecule has 9 heteroatoms. The van der Waals surface area contributed by atoms with Gasteiger partial charge in [-0.1, -0.05) is 0 Å². The van der Waals surface area contributed by atoms with Crippen LogP contribution in [0.15, 0.2) is 18.2 Å². The number of benzene rings is 1. The molecule has 0 aliphatic rings. The highest BCUT2D eigenvalue weighted by Crippen LogP contribution is 2.24. The van der Waals surface area contributed by atoms with Crippen molar-refractivity contribution in [2.75, 3.05) is 30.5 Å². The Labute approximate surface area is 128 Å². The van der Waals surface area contributed by atoms with E-state index in [-0.39, 0.29) is 12.3 Å². The molecular weight excluding hydrogens is 321 g/mol. The minimum Gasteiger partial charge on any atom is -0.484 e. The molecule has 0 spiro atoms. The Bertz CT molecular complexity index is 550. The molecule has 5 nitrogen and oxygen atoms in total. The Morgan fingerprint density at radius 3 is 2.59 bits per heavy atom. The van der Waals surface area contributed by atoms with Gasteiger partial charge in [-0.15, -0.1) is 0 Å². The van der Waals surface area contributed by atoms with E-state index >= 15 is 0 Å². The first-order chi connectivity index (χ1) is 10.2. The van der Waals surface area contributed by atoms with Crippen LogP contribution in [0.4, 0.5) is 23.7 Å². The largest absolute Gasteiger partial charge is 0.484 e. The zero-order valence-corrected chi connectivity index (χ0v) is 12.9. The van der Waals surface area contributed by atoms with Crippen LogP contribution in [0.1, 0.15) is 5.56 Å². The van der Waals surface area contributed by atoms with Crippen LogP contribution in [0.25, 0.3) is 0 Å². The van der Waals surface area contributed by atoms with Crippen LogP contribution in [-0.4, -0.2) is 41.6 Å². The fourth-order valence-corrected chi connectivity index (χ4v) is 1.92. The van der Waals surface area contributed by atoms with Crippen LogP contribution in [0.3, 0.4) is 0 Å². The molecule has 1 aromatic carbocycles. The molecule has 22 heavy (non-hydrogen) atoms. The van der Waals surface area contributed by atoms with E-state index in [4.69, 9.17) is 0 Å². The lowest BCUT2D eigenvalue weighted by Crippen LogP contribution is -2.31. The first-order valence-electron chi connectivity index (χ1n) is 6.32. The number of alkyl halides is 3. The summed E-state index contributed by atoms with van der Waals surface area (Å²) in [6.07, 6.45) is -2.87. The summed E-state index contributed by atoms with van der Waals surface area (Å²) in [6.45, 7) is 0.477. The molecule has 0 saturated heterocycles. The van der Waals surface area contributed by atoms with Gasteiger partial charge in [0.1, 0.15) is 5.75 Å². The van der Waals surface area contributed by atoms with Crippen molar-refractivity contribution in [3.8, 4) is 5.75 Å². The average molecular weight is 338 g/mol. The van der Waals surface area contributed by atoms with Crippen molar-refractivity contribution in [3.05, 3.63) is 23.8 Å². The normalized spacial score (nSPS) is 12.6. The minimum atomic E-state index is -4.40. The van der Waals surface area contributed by atoms with E-state index in [2.05, 4.69) is 15.4 Å². The molecule has 0 aliphatic carbocycles. The number of amides is 2. The van der Waals surface area contributed by atoms with Gasteiger partial charge in [-0.2, -0.15) is 13.2 Å². The fraction of sp³-hybridized carbons (Fsp3) is 0.462. The third kappa shape index (κ3) is 7.30. The number of carbonyl (C=O) groups excluding carboxylic acids is 1. The monoisotopic (exact) mass is 338 g/mol. The molecule has 124 valence electrons. The van der Waals surface area contributed by atoms with Gasteiger partial charge in [-0.25, -0.2) is 4.79 Å². The van der Waals surface area contributed by atoms with E-state index in [1.807, 2.05) is 0 Å². The van der Waals surface area contributed by atoms with Crippen molar-refractivity contribution in [1.82, 2.24) is 5.32 Å². The van der Waals surface area contributed by atoms with Crippen molar-refractivity contribution in [2.24, 2.45) is 0 Å². The standard InChI is InChI=1S/C13H17F3N2O3S/c1-9-7-10(18-12(19)17-5-6-22(2)20)3-4-11(9)21-8-13(14,15)16/h3-4,7H,5-6,8H2,1-2H3,(H2,17,18,19)/t22-/m1/s1. The maximum atomic E-state index is 12.1. The third-order valence-electron chi connectivity index (χ3n) is 2.50. The van der Waals surface area contributed by atoms with Crippen LogP contribution in [0.2, 0.25) is 0 Å². The predicted octanol–water partition coefficient (Wildman–Crippen LogP) is 2.44. The number of halogens is 3. The first kappa shape index (κ1) is 18.3. The first-order valence-corrected chi connectivity index (χ1v) is 8.05. The van der Waals surface area contributed by atoms with Crippen LogP contribution >= 0.6 is 0 Å². The summed E-state index contributed by atoms with van der Waals surface area (Å²) < 4.78 is 51.8. The Hall–Kier alpha value is -1.77. The number of nitrogens with one attached hydrogen (secondary N) is 2. The highest BCUT2D eigenvalue weighted by molar-refractivity contribution is 7.84. The number of anilines is 1. The van der Waals surface area contributed by atoms with Gasteiger partial charge in [0.2, 0.25) is 0 Å². The summed E-state index contributed by atoms with van der Waals surface area (Å²) in [5, 5.41) is 5.05. The van der Waals surface area contributed by atoms with E-state index in [1.54, 1.807) is 6.92 Å². The molecule has 0 bridgehead atoms. The molecule has 0 radical (unpaired) electrons. The molecule has 2 amide bonds. The summed E-state index contributed by atoms with van der Waals surface area (Å²) in [6, 6.07) is 3.82. The highest BCUT2D eigenvalue weighted by atomic mass is 32.2. The maximum Gasteiger partial charge on any atom is 0.422 e. The van der Waals surface area contributed by atoms with Crippen molar-refractivity contribution in [2.45, 2.75) is 13.1 Å². The minimum absolute atomic E-state index is 0.102. The topological polar surface area (TPSA) is 67.4 Å². The molecule has 0 unspecified atom stereocenters. The summed E-state index contributed by atoms with van der Waals surface area (Å²) in [4.78, 5) is 11.5. The van der Waals surface area contributed by atoms with Crippen LogP contribution in [0, 0.1) is 6.92 Å². The SMILES string of the molecule is Cc1cc(NC(=O)NCC[S@@](C)=O)ccc1OCC(F)(F)F. The van der Waals surface area contributed by atoms with Gasteiger partial charge in [0.15, 0.2) is 6.61 Å². The van der Waals surface area contributed by atoms with Gasteiger partial charge in [0.05, 0.1) is 0 Å². The lowest BCUT2D eigenvalue weighted by Gasteiger charge is -2.13. The smallest absolute Gasteiger partial charge is 0.422 e. The van der Waals surface area contributed by atoms with Crippen molar-refractivity contribution >= 4 is 22.5 Å². The Morgan fingerprint density at radius 1 is 1.36 bits per heavy atom. The predicted molar refractivity (Wildman–Crippen MR) is 78.7 cm³/mol. The number of carbonyl (C=O) groups is 1. The highest BCUT2D eigenvalue weighted by Gasteiger charge is 2.28. The number of ether oxygens (including phenoxy) is 1. The zero-order chi connectivity index (χ0) is 16.8. The number of aryl methyl sites for hydroxylation is 1. The van der Waals surface area contributed by atoms with Crippen molar-refractivity contribution in [1.29, 1.82) is 0 Å². The average Bonchev–Trinajstić information content (AvgIpc) is 2.36. The second-order valence-electron chi connectivity index (χ2n) is 4.54. The van der Waals surface area contributed by atoms with Gasteiger partial charge in [0.25, 0.3) is 0 Å². The number of urea groups is 1.